The zero-order chi connectivity index (χ0) is 16.1. The SMILES string of the molecule is O=C(OCc1cn(Cc2ccc(F)cc2)nn1)c1cnccn1. The number of rotatable bonds is 5. The van der Waals surface area contributed by atoms with E-state index in [0.29, 0.717) is 12.2 Å². The molecule has 23 heavy (non-hydrogen) atoms. The van der Waals surface area contributed by atoms with Crippen molar-refractivity contribution in [3.63, 3.8) is 0 Å². The van der Waals surface area contributed by atoms with Crippen LogP contribution >= 0.6 is 0 Å². The number of hydrogen-bond acceptors (Lipinski definition) is 6. The molecule has 0 saturated carbocycles. The van der Waals surface area contributed by atoms with Gasteiger partial charge in [0.05, 0.1) is 18.9 Å². The highest BCUT2D eigenvalue weighted by Crippen LogP contribution is 2.06. The lowest BCUT2D eigenvalue weighted by Crippen LogP contribution is -2.07. The molecule has 0 aliphatic rings. The van der Waals surface area contributed by atoms with Gasteiger partial charge in [-0.25, -0.2) is 18.9 Å². The van der Waals surface area contributed by atoms with Crippen LogP contribution in [0.15, 0.2) is 49.1 Å². The zero-order valence-corrected chi connectivity index (χ0v) is 12.0. The van der Waals surface area contributed by atoms with E-state index in [1.807, 2.05) is 0 Å². The number of benzene rings is 1. The molecule has 3 aromatic rings. The van der Waals surface area contributed by atoms with Crippen molar-refractivity contribution in [2.75, 3.05) is 0 Å². The third kappa shape index (κ3) is 3.94. The van der Waals surface area contributed by atoms with E-state index in [1.54, 1.807) is 23.0 Å². The van der Waals surface area contributed by atoms with Gasteiger partial charge in [-0.05, 0) is 17.7 Å². The minimum Gasteiger partial charge on any atom is -0.454 e. The lowest BCUT2D eigenvalue weighted by Gasteiger charge is -2.01. The van der Waals surface area contributed by atoms with Crippen molar-refractivity contribution in [3.05, 3.63) is 71.8 Å². The Kier molecular flexibility index (Phi) is 4.32. The monoisotopic (exact) mass is 313 g/mol. The van der Waals surface area contributed by atoms with Gasteiger partial charge < -0.3 is 4.74 Å². The van der Waals surface area contributed by atoms with Crippen LogP contribution in [0.3, 0.4) is 0 Å². The van der Waals surface area contributed by atoms with Crippen LogP contribution in [0.1, 0.15) is 21.7 Å². The normalized spacial score (nSPS) is 10.5. The van der Waals surface area contributed by atoms with Gasteiger partial charge in [0.15, 0.2) is 5.69 Å². The molecule has 0 radical (unpaired) electrons. The number of carbonyl (C=O) groups excluding carboxylic acids is 1. The van der Waals surface area contributed by atoms with E-state index in [-0.39, 0.29) is 18.1 Å². The second kappa shape index (κ2) is 6.73. The molecule has 0 spiro atoms. The molecule has 3 rings (SSSR count). The molecule has 0 saturated heterocycles. The van der Waals surface area contributed by atoms with Gasteiger partial charge in [-0.15, -0.1) is 5.10 Å². The molecule has 0 aliphatic carbocycles. The van der Waals surface area contributed by atoms with Crippen LogP contribution in [-0.2, 0) is 17.9 Å². The number of hydrogen-bond donors (Lipinski definition) is 0. The van der Waals surface area contributed by atoms with Gasteiger partial charge in [-0.1, -0.05) is 17.3 Å². The smallest absolute Gasteiger partial charge is 0.358 e. The number of carbonyl (C=O) groups is 1. The average molecular weight is 313 g/mol. The molecular weight excluding hydrogens is 301 g/mol. The molecule has 7 nitrogen and oxygen atoms in total. The summed E-state index contributed by atoms with van der Waals surface area (Å²) in [7, 11) is 0. The lowest BCUT2D eigenvalue weighted by atomic mass is 10.2. The van der Waals surface area contributed by atoms with Crippen LogP contribution in [0.5, 0.6) is 0 Å². The maximum atomic E-state index is 12.9. The van der Waals surface area contributed by atoms with Gasteiger partial charge in [-0.2, -0.15) is 0 Å². The van der Waals surface area contributed by atoms with E-state index in [1.165, 1.54) is 30.7 Å². The van der Waals surface area contributed by atoms with Crippen molar-refractivity contribution in [2.45, 2.75) is 13.2 Å². The summed E-state index contributed by atoms with van der Waals surface area (Å²) in [6, 6.07) is 6.11. The Balaban J connectivity index is 1.57. The van der Waals surface area contributed by atoms with E-state index < -0.39 is 5.97 Å². The summed E-state index contributed by atoms with van der Waals surface area (Å²) in [5.41, 5.74) is 1.52. The van der Waals surface area contributed by atoms with Gasteiger partial charge >= 0.3 is 5.97 Å². The van der Waals surface area contributed by atoms with Crippen molar-refractivity contribution < 1.29 is 13.9 Å². The minimum absolute atomic E-state index is 0.0151. The van der Waals surface area contributed by atoms with Crippen LogP contribution in [0.4, 0.5) is 4.39 Å². The van der Waals surface area contributed by atoms with Crippen LogP contribution in [0.25, 0.3) is 0 Å². The van der Waals surface area contributed by atoms with Crippen molar-refractivity contribution in [1.29, 1.82) is 0 Å². The predicted molar refractivity (Wildman–Crippen MR) is 76.7 cm³/mol. The van der Waals surface area contributed by atoms with Crippen LogP contribution in [-0.4, -0.2) is 30.9 Å². The summed E-state index contributed by atoms with van der Waals surface area (Å²) in [6.45, 7) is 0.435. The number of halogens is 1. The molecular formula is C15H12FN5O2. The zero-order valence-electron chi connectivity index (χ0n) is 12.0. The van der Waals surface area contributed by atoms with Gasteiger partial charge in [0, 0.05) is 12.4 Å². The number of esters is 1. The molecule has 0 aliphatic heterocycles. The molecule has 1 aromatic carbocycles. The topological polar surface area (TPSA) is 82.8 Å². The Morgan fingerprint density at radius 3 is 2.78 bits per heavy atom. The second-order valence-corrected chi connectivity index (χ2v) is 4.70. The molecule has 0 atom stereocenters. The molecule has 8 heteroatoms. The Morgan fingerprint density at radius 2 is 2.04 bits per heavy atom. The molecule has 2 heterocycles. The van der Waals surface area contributed by atoms with Crippen molar-refractivity contribution in [2.24, 2.45) is 0 Å². The highest BCUT2D eigenvalue weighted by Gasteiger charge is 2.10. The first-order chi connectivity index (χ1) is 11.2. The maximum Gasteiger partial charge on any atom is 0.358 e. The van der Waals surface area contributed by atoms with Gasteiger partial charge in [-0.3, -0.25) is 4.98 Å². The van der Waals surface area contributed by atoms with E-state index in [0.717, 1.165) is 5.56 Å². The maximum absolute atomic E-state index is 12.9. The fourth-order valence-electron chi connectivity index (χ4n) is 1.88. The summed E-state index contributed by atoms with van der Waals surface area (Å²) < 4.78 is 19.5. The molecule has 0 amide bonds. The summed E-state index contributed by atoms with van der Waals surface area (Å²) in [5, 5.41) is 7.86. The van der Waals surface area contributed by atoms with Crippen LogP contribution in [0, 0.1) is 5.82 Å². The Bertz CT molecular complexity index is 789. The van der Waals surface area contributed by atoms with Crippen molar-refractivity contribution >= 4 is 5.97 Å². The number of nitrogens with zero attached hydrogens (tertiary/aromatic N) is 5. The van der Waals surface area contributed by atoms with Crippen molar-refractivity contribution in [1.82, 2.24) is 25.0 Å². The quantitative estimate of drug-likeness (QED) is 0.666. The fourth-order valence-corrected chi connectivity index (χ4v) is 1.88. The van der Waals surface area contributed by atoms with Gasteiger partial charge in [0.2, 0.25) is 0 Å². The second-order valence-electron chi connectivity index (χ2n) is 4.70. The summed E-state index contributed by atoms with van der Waals surface area (Å²) in [4.78, 5) is 19.4. The first-order valence-corrected chi connectivity index (χ1v) is 6.77. The molecule has 0 fully saturated rings. The first kappa shape index (κ1) is 14.8. The van der Waals surface area contributed by atoms with Crippen molar-refractivity contribution in [3.8, 4) is 0 Å². The van der Waals surface area contributed by atoms with Crippen LogP contribution < -0.4 is 0 Å². The molecule has 116 valence electrons. The highest BCUT2D eigenvalue weighted by molar-refractivity contribution is 5.86. The summed E-state index contributed by atoms with van der Waals surface area (Å²) in [5.74, 6) is -0.866. The number of aromatic nitrogens is 5. The van der Waals surface area contributed by atoms with Gasteiger partial charge in [0.1, 0.15) is 18.1 Å². The third-order valence-corrected chi connectivity index (χ3v) is 2.97. The van der Waals surface area contributed by atoms with E-state index >= 15 is 0 Å². The highest BCUT2D eigenvalue weighted by atomic mass is 19.1. The molecule has 0 N–H and O–H groups in total. The number of ether oxygens (including phenoxy) is 1. The predicted octanol–water partition coefficient (Wildman–Crippen LogP) is 1.61. The first-order valence-electron chi connectivity index (χ1n) is 6.77. The van der Waals surface area contributed by atoms with E-state index in [9.17, 15) is 9.18 Å². The van der Waals surface area contributed by atoms with Gasteiger partial charge in [0.25, 0.3) is 0 Å². The Labute approximate surface area is 130 Å². The molecule has 0 unspecified atom stereocenters. The van der Waals surface area contributed by atoms with E-state index in [4.69, 9.17) is 4.74 Å². The molecule has 0 bridgehead atoms. The molecule has 2 aromatic heterocycles. The summed E-state index contributed by atoms with van der Waals surface area (Å²) in [6.07, 6.45) is 5.87. The van der Waals surface area contributed by atoms with Crippen LogP contribution in [0.2, 0.25) is 0 Å². The third-order valence-electron chi connectivity index (χ3n) is 2.97. The lowest BCUT2D eigenvalue weighted by molar-refractivity contribution is 0.0460. The largest absolute Gasteiger partial charge is 0.454 e. The Hall–Kier alpha value is -3.16. The fraction of sp³-hybridized carbons (Fsp3) is 0.133. The minimum atomic E-state index is -0.578. The Morgan fingerprint density at radius 1 is 1.22 bits per heavy atom. The summed E-state index contributed by atoms with van der Waals surface area (Å²) >= 11 is 0. The standard InChI is InChI=1S/C15H12FN5O2/c16-12-3-1-11(2-4-12)8-21-9-13(19-20-21)10-23-15(22)14-7-17-5-6-18-14/h1-7,9H,8,10H2. The average Bonchev–Trinajstić information content (AvgIpc) is 3.03. The van der Waals surface area contributed by atoms with E-state index in [2.05, 4.69) is 20.3 Å².